The van der Waals surface area contributed by atoms with Gasteiger partial charge in [0.2, 0.25) is 0 Å². The molecule has 1 aliphatic rings. The van der Waals surface area contributed by atoms with E-state index >= 15 is 0 Å². The molecule has 0 spiro atoms. The lowest BCUT2D eigenvalue weighted by Gasteiger charge is -2.09. The molecule has 0 radical (unpaired) electrons. The molecule has 2 aromatic rings. The summed E-state index contributed by atoms with van der Waals surface area (Å²) < 4.78 is 35.9. The molecule has 27 heavy (non-hydrogen) atoms. The van der Waals surface area contributed by atoms with Gasteiger partial charge in [-0.15, -0.1) is 11.3 Å². The Bertz CT molecular complexity index is 1060. The molecule has 10 heteroatoms. The number of sulfone groups is 1. The third kappa shape index (κ3) is 4.55. The van der Waals surface area contributed by atoms with Gasteiger partial charge in [-0.1, -0.05) is 11.6 Å². The Morgan fingerprint density at radius 2 is 2.00 bits per heavy atom. The van der Waals surface area contributed by atoms with Gasteiger partial charge in [-0.05, 0) is 42.8 Å². The number of amides is 2. The molecule has 2 heterocycles. The fourth-order valence-electron chi connectivity index (χ4n) is 2.52. The second-order valence-corrected chi connectivity index (χ2v) is 9.33. The van der Waals surface area contributed by atoms with Crippen LogP contribution in [0.3, 0.4) is 0 Å². The first kappa shape index (κ1) is 19.5. The summed E-state index contributed by atoms with van der Waals surface area (Å²) in [5.74, 6) is -1.68. The van der Waals surface area contributed by atoms with Gasteiger partial charge in [0.05, 0.1) is 32.3 Å². The summed E-state index contributed by atoms with van der Waals surface area (Å²) in [7, 11) is -3.27. The third-order valence-corrected chi connectivity index (χ3v) is 6.64. The van der Waals surface area contributed by atoms with Crippen molar-refractivity contribution in [2.45, 2.75) is 13.0 Å². The molecule has 6 nitrogen and oxygen atoms in total. The number of rotatable bonds is 4. The number of carbonyl (C=O) groups is 2. The summed E-state index contributed by atoms with van der Waals surface area (Å²) in [6.45, 7) is 1.70. The maximum absolute atomic E-state index is 13.1. The number of hydrogen-bond donors (Lipinski definition) is 2. The zero-order valence-electron chi connectivity index (χ0n) is 14.0. The van der Waals surface area contributed by atoms with Crippen LogP contribution in [0.1, 0.15) is 25.6 Å². The Labute approximate surface area is 164 Å². The molecule has 142 valence electrons. The first-order valence-electron chi connectivity index (χ1n) is 7.73. The van der Waals surface area contributed by atoms with Crippen LogP contribution in [0.4, 0.5) is 9.39 Å². The second kappa shape index (κ2) is 7.41. The quantitative estimate of drug-likeness (QED) is 0.782. The van der Waals surface area contributed by atoms with Gasteiger partial charge in [-0.3, -0.25) is 9.59 Å². The lowest BCUT2D eigenvalue weighted by molar-refractivity contribution is 0.0950. The van der Waals surface area contributed by atoms with Crippen LogP contribution in [0.25, 0.3) is 0 Å². The SMILES string of the molecule is Cc1cc(NC(=O)c2ccc(F)cc2Cl)sc1C(=O)NC1C=CS(=O)(=O)C1. The Kier molecular flexibility index (Phi) is 5.36. The predicted octanol–water partition coefficient (Wildman–Crippen LogP) is 3.14. The summed E-state index contributed by atoms with van der Waals surface area (Å²) in [4.78, 5) is 25.0. The maximum atomic E-state index is 13.1. The van der Waals surface area contributed by atoms with E-state index in [9.17, 15) is 22.4 Å². The lowest BCUT2D eigenvalue weighted by Crippen LogP contribution is -2.35. The molecular formula is C17H14ClFN2O4S2. The minimum Gasteiger partial charge on any atom is -0.344 e. The number of halogens is 2. The number of thiophene rings is 1. The van der Waals surface area contributed by atoms with Crippen molar-refractivity contribution in [1.82, 2.24) is 5.32 Å². The first-order valence-corrected chi connectivity index (χ1v) is 10.6. The standard InChI is InChI=1S/C17H14ClFN2O4S2/c1-9-6-14(21-16(22)12-3-2-10(19)7-13(12)18)26-15(9)17(23)20-11-4-5-27(24,25)8-11/h2-7,11H,8H2,1H3,(H,20,23)(H,21,22). The van der Waals surface area contributed by atoms with E-state index in [4.69, 9.17) is 11.6 Å². The van der Waals surface area contributed by atoms with E-state index in [1.165, 1.54) is 12.1 Å². The molecule has 1 aliphatic heterocycles. The summed E-state index contributed by atoms with van der Waals surface area (Å²) in [5, 5.41) is 6.73. The van der Waals surface area contributed by atoms with E-state index in [-0.39, 0.29) is 16.3 Å². The van der Waals surface area contributed by atoms with Gasteiger partial charge in [0.15, 0.2) is 9.84 Å². The molecule has 0 bridgehead atoms. The van der Waals surface area contributed by atoms with E-state index in [1.54, 1.807) is 13.0 Å². The molecular weight excluding hydrogens is 415 g/mol. The number of aryl methyl sites for hydroxylation is 1. The highest BCUT2D eigenvalue weighted by Crippen LogP contribution is 2.28. The molecule has 0 fully saturated rings. The predicted molar refractivity (Wildman–Crippen MR) is 103 cm³/mol. The zero-order valence-corrected chi connectivity index (χ0v) is 16.3. The monoisotopic (exact) mass is 428 g/mol. The van der Waals surface area contributed by atoms with Crippen molar-refractivity contribution in [2.24, 2.45) is 0 Å². The highest BCUT2D eigenvalue weighted by atomic mass is 35.5. The normalized spacial score (nSPS) is 17.7. The van der Waals surface area contributed by atoms with Crippen LogP contribution in [-0.4, -0.2) is 32.0 Å². The van der Waals surface area contributed by atoms with Crippen LogP contribution in [-0.2, 0) is 9.84 Å². The molecule has 1 aromatic heterocycles. The van der Waals surface area contributed by atoms with Crippen LogP contribution in [0.15, 0.2) is 35.7 Å². The Hall–Kier alpha value is -2.23. The van der Waals surface area contributed by atoms with Gasteiger partial charge in [-0.2, -0.15) is 0 Å². The van der Waals surface area contributed by atoms with Crippen molar-refractivity contribution in [1.29, 1.82) is 0 Å². The Morgan fingerprint density at radius 1 is 1.26 bits per heavy atom. The van der Waals surface area contributed by atoms with Crippen molar-refractivity contribution >= 4 is 49.6 Å². The molecule has 1 unspecified atom stereocenters. The van der Waals surface area contributed by atoms with Gasteiger partial charge >= 0.3 is 0 Å². The summed E-state index contributed by atoms with van der Waals surface area (Å²) in [6.07, 6.45) is 1.43. The average molecular weight is 429 g/mol. The van der Waals surface area contributed by atoms with Crippen LogP contribution in [0.5, 0.6) is 0 Å². The second-order valence-electron chi connectivity index (χ2n) is 5.94. The third-order valence-electron chi connectivity index (χ3n) is 3.78. The van der Waals surface area contributed by atoms with Crippen LogP contribution in [0, 0.1) is 12.7 Å². The fraction of sp³-hybridized carbons (Fsp3) is 0.176. The molecule has 0 saturated carbocycles. The molecule has 2 N–H and O–H groups in total. The van der Waals surface area contributed by atoms with Crippen LogP contribution in [0.2, 0.25) is 5.02 Å². The fourth-order valence-corrected chi connectivity index (χ4v) is 4.98. The summed E-state index contributed by atoms with van der Waals surface area (Å²) in [5.41, 5.74) is 0.735. The topological polar surface area (TPSA) is 92.3 Å². The van der Waals surface area contributed by atoms with Gasteiger partial charge in [-0.25, -0.2) is 12.8 Å². The first-order chi connectivity index (χ1) is 12.6. The zero-order chi connectivity index (χ0) is 19.8. The van der Waals surface area contributed by atoms with Crippen molar-refractivity contribution in [3.8, 4) is 0 Å². The van der Waals surface area contributed by atoms with Gasteiger partial charge in [0.1, 0.15) is 5.82 Å². The van der Waals surface area contributed by atoms with E-state index in [0.29, 0.717) is 15.4 Å². The number of benzene rings is 1. The van der Waals surface area contributed by atoms with E-state index in [0.717, 1.165) is 28.9 Å². The van der Waals surface area contributed by atoms with E-state index < -0.39 is 33.5 Å². The van der Waals surface area contributed by atoms with Gasteiger partial charge in [0.25, 0.3) is 11.8 Å². The van der Waals surface area contributed by atoms with Crippen molar-refractivity contribution in [3.63, 3.8) is 0 Å². The largest absolute Gasteiger partial charge is 0.344 e. The summed E-state index contributed by atoms with van der Waals surface area (Å²) >= 11 is 6.93. The van der Waals surface area contributed by atoms with Gasteiger partial charge in [0, 0.05) is 5.41 Å². The smallest absolute Gasteiger partial charge is 0.262 e. The van der Waals surface area contributed by atoms with Crippen LogP contribution < -0.4 is 10.6 Å². The molecule has 1 aromatic carbocycles. The molecule has 0 aliphatic carbocycles. The lowest BCUT2D eigenvalue weighted by atomic mass is 10.2. The van der Waals surface area contributed by atoms with Gasteiger partial charge < -0.3 is 10.6 Å². The van der Waals surface area contributed by atoms with Crippen molar-refractivity contribution in [3.05, 3.63) is 62.6 Å². The number of nitrogens with one attached hydrogen (secondary N) is 2. The number of hydrogen-bond acceptors (Lipinski definition) is 5. The van der Waals surface area contributed by atoms with Crippen molar-refractivity contribution in [2.75, 3.05) is 11.1 Å². The molecule has 2 amide bonds. The van der Waals surface area contributed by atoms with Crippen LogP contribution >= 0.6 is 22.9 Å². The summed E-state index contributed by atoms with van der Waals surface area (Å²) in [6, 6.07) is 4.48. The highest BCUT2D eigenvalue weighted by molar-refractivity contribution is 7.94. The number of carbonyl (C=O) groups excluding carboxylic acids is 2. The minimum atomic E-state index is -3.27. The molecule has 1 atom stereocenters. The number of anilines is 1. The van der Waals surface area contributed by atoms with E-state index in [2.05, 4.69) is 10.6 Å². The minimum absolute atomic E-state index is 0.0204. The average Bonchev–Trinajstić information content (AvgIpc) is 3.09. The highest BCUT2D eigenvalue weighted by Gasteiger charge is 2.25. The molecule has 3 rings (SSSR count). The molecule has 0 saturated heterocycles. The van der Waals surface area contributed by atoms with E-state index in [1.807, 2.05) is 0 Å². The maximum Gasteiger partial charge on any atom is 0.262 e. The Morgan fingerprint density at radius 3 is 2.63 bits per heavy atom. The Balaban J connectivity index is 1.71. The van der Waals surface area contributed by atoms with Crippen molar-refractivity contribution < 1.29 is 22.4 Å².